The SMILES string of the molecule is COC(=O)[C@@H](CCCN=C(N)NS(=O)(=O)c1c(C)c(C)c2c(c1C)CCC(C)(C)O2)NS(=O)(=O)c1cc(F)c(Oc2ccc(F)cc2)c(F)c1. The molecule has 12 nitrogen and oxygen atoms in total. The molecule has 0 bridgehead atoms. The molecule has 272 valence electrons. The molecular weight excluding hydrogens is 702 g/mol. The zero-order valence-electron chi connectivity index (χ0n) is 28.3. The third-order valence-corrected chi connectivity index (χ3v) is 11.3. The van der Waals surface area contributed by atoms with E-state index < -0.39 is 66.1 Å². The monoisotopic (exact) mass is 740 g/mol. The molecule has 50 heavy (non-hydrogen) atoms. The van der Waals surface area contributed by atoms with Crippen LogP contribution in [0.25, 0.3) is 0 Å². The molecule has 0 aliphatic carbocycles. The van der Waals surface area contributed by atoms with Crippen LogP contribution in [0.5, 0.6) is 17.2 Å². The van der Waals surface area contributed by atoms with Crippen molar-refractivity contribution in [3.05, 3.63) is 76.1 Å². The fraction of sp³-hybridized carbons (Fsp3) is 0.394. The fourth-order valence-electron chi connectivity index (χ4n) is 5.50. The van der Waals surface area contributed by atoms with Gasteiger partial charge in [-0.15, -0.1) is 0 Å². The lowest BCUT2D eigenvalue weighted by atomic mass is 9.88. The molecule has 3 aromatic carbocycles. The molecule has 17 heteroatoms. The van der Waals surface area contributed by atoms with Crippen molar-refractivity contribution in [1.29, 1.82) is 0 Å². The quantitative estimate of drug-likeness (QED) is 0.102. The number of rotatable bonds is 12. The Labute approximate surface area is 289 Å². The van der Waals surface area contributed by atoms with E-state index in [0.717, 1.165) is 36.9 Å². The van der Waals surface area contributed by atoms with Gasteiger partial charge in [-0.05, 0) is 119 Å². The Kier molecular flexibility index (Phi) is 11.4. The average molecular weight is 741 g/mol. The maximum absolute atomic E-state index is 14.8. The standard InChI is InChI=1S/C33H39F3N4O8S2/c1-18-19(2)30(20(3)24-13-14-33(4,5)48-28(18)24)50(44,45)40-32(37)38-15-7-8-27(31(41)46-6)39-49(42,43)23-16-25(35)29(26(36)17-23)47-22-11-9-21(34)10-12-22/h9-12,16-17,27,39H,7-8,13-15H2,1-6H3,(H3,37,38,40)/t27-/m1/s1. The van der Waals surface area contributed by atoms with Crippen molar-refractivity contribution in [3.63, 3.8) is 0 Å². The number of fused-ring (bicyclic) bond motifs is 1. The predicted molar refractivity (Wildman–Crippen MR) is 179 cm³/mol. The Bertz CT molecular complexity index is 2020. The van der Waals surface area contributed by atoms with Crippen LogP contribution in [0.15, 0.2) is 51.2 Å². The molecule has 0 saturated heterocycles. The van der Waals surface area contributed by atoms with Gasteiger partial charge in [0.25, 0.3) is 10.0 Å². The van der Waals surface area contributed by atoms with Gasteiger partial charge in [0, 0.05) is 6.54 Å². The molecular formula is C33H39F3N4O8S2. The van der Waals surface area contributed by atoms with Crippen LogP contribution in [0.4, 0.5) is 13.2 Å². The van der Waals surface area contributed by atoms with Crippen LogP contribution < -0.4 is 24.7 Å². The number of sulfonamides is 2. The van der Waals surface area contributed by atoms with Gasteiger partial charge < -0.3 is 19.9 Å². The summed E-state index contributed by atoms with van der Waals surface area (Å²) in [5, 5.41) is 0. The molecule has 3 aromatic rings. The van der Waals surface area contributed by atoms with Gasteiger partial charge in [-0.1, -0.05) is 0 Å². The van der Waals surface area contributed by atoms with Crippen LogP contribution in [-0.2, 0) is 36.0 Å². The van der Waals surface area contributed by atoms with Crippen molar-refractivity contribution in [2.45, 2.75) is 81.7 Å². The minimum atomic E-state index is -4.69. The number of hydrogen-bond acceptors (Lipinski definition) is 9. The Morgan fingerprint density at radius 3 is 2.22 bits per heavy atom. The highest BCUT2D eigenvalue weighted by Gasteiger charge is 2.34. The van der Waals surface area contributed by atoms with Crippen LogP contribution in [0.3, 0.4) is 0 Å². The average Bonchev–Trinajstić information content (AvgIpc) is 3.02. The molecule has 1 atom stereocenters. The number of methoxy groups -OCH3 is 1. The normalized spacial score (nSPS) is 15.1. The van der Waals surface area contributed by atoms with Gasteiger partial charge >= 0.3 is 5.97 Å². The van der Waals surface area contributed by atoms with Crippen LogP contribution in [0.1, 0.15) is 55.4 Å². The van der Waals surface area contributed by atoms with Gasteiger partial charge in [0.1, 0.15) is 29.0 Å². The minimum absolute atomic E-state index is 0.0149. The molecule has 0 aromatic heterocycles. The third kappa shape index (κ3) is 8.68. The molecule has 0 radical (unpaired) electrons. The topological polar surface area (TPSA) is 175 Å². The summed E-state index contributed by atoms with van der Waals surface area (Å²) in [6.07, 6.45) is 1.15. The highest BCUT2D eigenvalue weighted by Crippen LogP contribution is 2.42. The lowest BCUT2D eigenvalue weighted by molar-refractivity contribution is -0.142. The van der Waals surface area contributed by atoms with Crippen molar-refractivity contribution in [3.8, 4) is 17.2 Å². The van der Waals surface area contributed by atoms with E-state index in [4.69, 9.17) is 15.2 Å². The molecule has 1 aliphatic heterocycles. The highest BCUT2D eigenvalue weighted by atomic mass is 32.2. The van der Waals surface area contributed by atoms with Gasteiger partial charge in [0.05, 0.1) is 16.9 Å². The van der Waals surface area contributed by atoms with Crippen LogP contribution in [0, 0.1) is 38.2 Å². The summed E-state index contributed by atoms with van der Waals surface area (Å²) < 4.78 is 116. The van der Waals surface area contributed by atoms with E-state index in [-0.39, 0.29) is 35.6 Å². The first kappa shape index (κ1) is 38.5. The molecule has 4 rings (SSSR count). The molecule has 4 N–H and O–H groups in total. The van der Waals surface area contributed by atoms with Crippen molar-refractivity contribution in [2.75, 3.05) is 13.7 Å². The van der Waals surface area contributed by atoms with Crippen molar-refractivity contribution in [2.24, 2.45) is 10.7 Å². The minimum Gasteiger partial charge on any atom is -0.487 e. The second kappa shape index (κ2) is 14.9. The largest absolute Gasteiger partial charge is 0.487 e. The van der Waals surface area contributed by atoms with Gasteiger partial charge in [-0.2, -0.15) is 4.72 Å². The van der Waals surface area contributed by atoms with Gasteiger partial charge in [0.2, 0.25) is 16.0 Å². The summed E-state index contributed by atoms with van der Waals surface area (Å²) in [4.78, 5) is 15.7. The van der Waals surface area contributed by atoms with E-state index in [0.29, 0.717) is 47.4 Å². The molecule has 0 fully saturated rings. The number of esters is 1. The molecule has 0 amide bonds. The van der Waals surface area contributed by atoms with E-state index in [9.17, 15) is 34.8 Å². The zero-order valence-corrected chi connectivity index (χ0v) is 30.0. The highest BCUT2D eigenvalue weighted by molar-refractivity contribution is 7.90. The molecule has 1 aliphatic rings. The van der Waals surface area contributed by atoms with E-state index in [2.05, 4.69) is 19.2 Å². The van der Waals surface area contributed by atoms with E-state index in [1.165, 1.54) is 0 Å². The van der Waals surface area contributed by atoms with Gasteiger partial charge in [0.15, 0.2) is 17.4 Å². The zero-order chi connectivity index (χ0) is 37.2. The van der Waals surface area contributed by atoms with Crippen molar-refractivity contribution >= 4 is 32.0 Å². The number of carbonyl (C=O) groups excluding carboxylic acids is 1. The number of guanidine groups is 1. The van der Waals surface area contributed by atoms with Gasteiger partial charge in [-0.3, -0.25) is 9.79 Å². The number of halogens is 3. The van der Waals surface area contributed by atoms with E-state index in [1.54, 1.807) is 20.8 Å². The number of nitrogens with two attached hydrogens (primary N) is 1. The number of benzene rings is 3. The second-order valence-electron chi connectivity index (χ2n) is 12.4. The summed E-state index contributed by atoms with van der Waals surface area (Å²) in [7, 11) is -7.84. The number of ether oxygens (including phenoxy) is 3. The molecule has 0 unspecified atom stereocenters. The summed E-state index contributed by atoms with van der Waals surface area (Å²) in [5.74, 6) is -5.11. The molecule has 0 saturated carbocycles. The smallest absolute Gasteiger partial charge is 0.323 e. The maximum atomic E-state index is 14.8. The summed E-state index contributed by atoms with van der Waals surface area (Å²) >= 11 is 0. The lowest BCUT2D eigenvalue weighted by Crippen LogP contribution is -2.41. The predicted octanol–water partition coefficient (Wildman–Crippen LogP) is 4.82. The van der Waals surface area contributed by atoms with Crippen LogP contribution in [-0.4, -0.2) is 54.1 Å². The van der Waals surface area contributed by atoms with Crippen LogP contribution >= 0.6 is 0 Å². The Balaban J connectivity index is 1.43. The lowest BCUT2D eigenvalue weighted by Gasteiger charge is -2.35. The summed E-state index contributed by atoms with van der Waals surface area (Å²) in [6, 6.07) is 3.76. The van der Waals surface area contributed by atoms with Gasteiger partial charge in [-0.25, -0.2) is 34.7 Å². The second-order valence-corrected chi connectivity index (χ2v) is 15.7. The number of nitrogens with zero attached hydrogens (tertiary/aromatic N) is 1. The fourth-order valence-corrected chi connectivity index (χ4v) is 8.27. The number of nitrogens with one attached hydrogen (secondary N) is 2. The Hall–Kier alpha value is -4.35. The molecule has 1 heterocycles. The first-order chi connectivity index (χ1) is 23.3. The summed E-state index contributed by atoms with van der Waals surface area (Å²) in [5.41, 5.74) is 8.08. The van der Waals surface area contributed by atoms with Crippen molar-refractivity contribution < 1.29 is 49.0 Å². The summed E-state index contributed by atoms with van der Waals surface area (Å²) in [6.45, 7) is 9.00. The number of aliphatic imine (C=N–C) groups is 1. The molecule has 0 spiro atoms. The van der Waals surface area contributed by atoms with Crippen LogP contribution in [0.2, 0.25) is 0 Å². The van der Waals surface area contributed by atoms with E-state index in [1.807, 2.05) is 13.8 Å². The third-order valence-electron chi connectivity index (χ3n) is 8.21. The first-order valence-corrected chi connectivity index (χ1v) is 18.4. The Morgan fingerprint density at radius 2 is 1.62 bits per heavy atom. The van der Waals surface area contributed by atoms with E-state index >= 15 is 0 Å². The maximum Gasteiger partial charge on any atom is 0.323 e. The van der Waals surface area contributed by atoms with Crippen molar-refractivity contribution in [1.82, 2.24) is 9.44 Å². The first-order valence-electron chi connectivity index (χ1n) is 15.4. The number of carbonyl (C=O) groups is 1. The Morgan fingerprint density at radius 1 is 1.00 bits per heavy atom. The number of hydrogen-bond donors (Lipinski definition) is 3.